The summed E-state index contributed by atoms with van der Waals surface area (Å²) >= 11 is 0. The predicted octanol–water partition coefficient (Wildman–Crippen LogP) is 3.61. The van der Waals surface area contributed by atoms with E-state index < -0.39 is 6.10 Å². The van der Waals surface area contributed by atoms with Crippen molar-refractivity contribution in [2.75, 3.05) is 0 Å². The molecule has 0 heterocycles. The zero-order chi connectivity index (χ0) is 15.6. The zero-order valence-electron chi connectivity index (χ0n) is 12.5. The first-order chi connectivity index (χ1) is 9.80. The minimum atomic E-state index is -1.19. The van der Waals surface area contributed by atoms with Gasteiger partial charge in [0.05, 0.1) is 0 Å². The number of carbonyl (C=O) groups excluding carboxylic acids is 1. The van der Waals surface area contributed by atoms with Crippen LogP contribution in [0.1, 0.15) is 48.4 Å². The highest BCUT2D eigenvalue weighted by Crippen LogP contribution is 2.32. The molecule has 21 heavy (non-hydrogen) atoms. The summed E-state index contributed by atoms with van der Waals surface area (Å²) in [4.78, 5) is 12.4. The number of benzene rings is 2. The Hall–Kier alpha value is -2.13. The molecule has 0 saturated carbocycles. The SMILES string of the molecule is CC(C)(C)c1cc(C(=O)C(O)c2ccccc2)ccc1O. The van der Waals surface area contributed by atoms with Crippen molar-refractivity contribution in [2.24, 2.45) is 0 Å². The molecule has 0 amide bonds. The molecule has 0 aromatic heterocycles. The second-order valence-corrected chi connectivity index (χ2v) is 6.16. The maximum absolute atomic E-state index is 12.4. The van der Waals surface area contributed by atoms with Crippen LogP contribution in [0.3, 0.4) is 0 Å². The Bertz CT molecular complexity index is 639. The van der Waals surface area contributed by atoms with Crippen molar-refractivity contribution < 1.29 is 15.0 Å². The third kappa shape index (κ3) is 3.31. The Morgan fingerprint density at radius 3 is 2.24 bits per heavy atom. The number of aromatic hydroxyl groups is 1. The lowest BCUT2D eigenvalue weighted by Gasteiger charge is -2.21. The Balaban J connectivity index is 2.36. The summed E-state index contributed by atoms with van der Waals surface area (Å²) in [5.74, 6) is -0.208. The van der Waals surface area contributed by atoms with Crippen LogP contribution in [0.15, 0.2) is 48.5 Å². The van der Waals surface area contributed by atoms with Crippen LogP contribution in [0.25, 0.3) is 0 Å². The summed E-state index contributed by atoms with van der Waals surface area (Å²) in [5.41, 5.74) is 1.37. The van der Waals surface area contributed by atoms with Gasteiger partial charge in [-0.3, -0.25) is 4.79 Å². The van der Waals surface area contributed by atoms with Crippen molar-refractivity contribution in [1.82, 2.24) is 0 Å². The van der Waals surface area contributed by atoms with E-state index in [4.69, 9.17) is 0 Å². The largest absolute Gasteiger partial charge is 0.508 e. The number of carbonyl (C=O) groups is 1. The van der Waals surface area contributed by atoms with Crippen molar-refractivity contribution in [3.8, 4) is 5.75 Å². The van der Waals surface area contributed by atoms with E-state index in [1.165, 1.54) is 6.07 Å². The summed E-state index contributed by atoms with van der Waals surface area (Å²) in [6.07, 6.45) is -1.19. The fourth-order valence-corrected chi connectivity index (χ4v) is 2.23. The Morgan fingerprint density at radius 2 is 1.67 bits per heavy atom. The van der Waals surface area contributed by atoms with Crippen molar-refractivity contribution in [3.63, 3.8) is 0 Å². The van der Waals surface area contributed by atoms with E-state index in [-0.39, 0.29) is 16.9 Å². The molecule has 0 saturated heterocycles. The van der Waals surface area contributed by atoms with Gasteiger partial charge in [0, 0.05) is 5.56 Å². The predicted molar refractivity (Wildman–Crippen MR) is 82.5 cm³/mol. The van der Waals surface area contributed by atoms with Crippen LogP contribution in [-0.4, -0.2) is 16.0 Å². The third-order valence-corrected chi connectivity index (χ3v) is 3.45. The molecule has 1 unspecified atom stereocenters. The number of hydrogen-bond acceptors (Lipinski definition) is 3. The van der Waals surface area contributed by atoms with E-state index in [1.54, 1.807) is 36.4 Å². The van der Waals surface area contributed by atoms with E-state index >= 15 is 0 Å². The van der Waals surface area contributed by atoms with Crippen LogP contribution in [0.2, 0.25) is 0 Å². The molecular weight excluding hydrogens is 264 g/mol. The summed E-state index contributed by atoms with van der Waals surface area (Å²) in [6, 6.07) is 13.5. The molecule has 3 nitrogen and oxygen atoms in total. The van der Waals surface area contributed by atoms with Crippen LogP contribution >= 0.6 is 0 Å². The normalized spacial score (nSPS) is 13.0. The highest BCUT2D eigenvalue weighted by molar-refractivity contribution is 6.00. The highest BCUT2D eigenvalue weighted by Gasteiger charge is 2.23. The summed E-state index contributed by atoms with van der Waals surface area (Å²) < 4.78 is 0. The second-order valence-electron chi connectivity index (χ2n) is 6.16. The Labute approximate surface area is 124 Å². The van der Waals surface area contributed by atoms with Gasteiger partial charge < -0.3 is 10.2 Å². The number of ketones is 1. The van der Waals surface area contributed by atoms with Gasteiger partial charge in [0.15, 0.2) is 5.78 Å². The number of phenols is 1. The van der Waals surface area contributed by atoms with Crippen molar-refractivity contribution in [3.05, 3.63) is 65.2 Å². The molecule has 1 atom stereocenters. The zero-order valence-corrected chi connectivity index (χ0v) is 12.5. The first kappa shape index (κ1) is 15.3. The molecule has 0 radical (unpaired) electrons. The van der Waals surface area contributed by atoms with Gasteiger partial charge in [-0.2, -0.15) is 0 Å². The molecule has 0 aliphatic heterocycles. The minimum absolute atomic E-state index is 0.160. The van der Waals surface area contributed by atoms with E-state index in [1.807, 2.05) is 26.8 Å². The van der Waals surface area contributed by atoms with Crippen LogP contribution in [0.4, 0.5) is 0 Å². The first-order valence-electron chi connectivity index (χ1n) is 6.91. The standard InChI is InChI=1S/C18H20O3/c1-18(2,3)14-11-13(9-10-15(14)19)17(21)16(20)12-7-5-4-6-8-12/h4-11,16,19-20H,1-3H3. The topological polar surface area (TPSA) is 57.5 Å². The van der Waals surface area contributed by atoms with Gasteiger partial charge in [0.25, 0.3) is 0 Å². The fraction of sp³-hybridized carbons (Fsp3) is 0.278. The lowest BCUT2D eigenvalue weighted by atomic mass is 9.84. The van der Waals surface area contributed by atoms with Gasteiger partial charge in [-0.25, -0.2) is 0 Å². The summed E-state index contributed by atoms with van der Waals surface area (Å²) in [5, 5.41) is 20.1. The molecule has 0 aliphatic carbocycles. The number of Topliss-reactive ketones (excluding diaryl/α,β-unsaturated/α-hetero) is 1. The average molecular weight is 284 g/mol. The number of rotatable bonds is 3. The molecule has 0 spiro atoms. The smallest absolute Gasteiger partial charge is 0.195 e. The molecule has 2 aromatic rings. The molecule has 2 rings (SSSR count). The van der Waals surface area contributed by atoms with E-state index in [9.17, 15) is 15.0 Å². The lowest BCUT2D eigenvalue weighted by Crippen LogP contribution is -2.16. The maximum Gasteiger partial charge on any atom is 0.195 e. The first-order valence-corrected chi connectivity index (χ1v) is 6.91. The minimum Gasteiger partial charge on any atom is -0.508 e. The maximum atomic E-state index is 12.4. The summed E-state index contributed by atoms with van der Waals surface area (Å²) in [7, 11) is 0. The van der Waals surface area contributed by atoms with E-state index in [2.05, 4.69) is 0 Å². The average Bonchev–Trinajstić information content (AvgIpc) is 2.46. The van der Waals surface area contributed by atoms with Gasteiger partial charge in [-0.05, 0) is 34.7 Å². The van der Waals surface area contributed by atoms with Crippen molar-refractivity contribution in [1.29, 1.82) is 0 Å². The molecule has 0 fully saturated rings. The van der Waals surface area contributed by atoms with Crippen LogP contribution in [0, 0.1) is 0 Å². The fourth-order valence-electron chi connectivity index (χ4n) is 2.23. The van der Waals surface area contributed by atoms with Gasteiger partial charge in [0.2, 0.25) is 0 Å². The van der Waals surface area contributed by atoms with Crippen LogP contribution in [0.5, 0.6) is 5.75 Å². The van der Waals surface area contributed by atoms with Crippen molar-refractivity contribution in [2.45, 2.75) is 32.3 Å². The second kappa shape index (κ2) is 5.70. The van der Waals surface area contributed by atoms with Crippen LogP contribution in [-0.2, 0) is 5.41 Å². The summed E-state index contributed by atoms with van der Waals surface area (Å²) in [6.45, 7) is 5.89. The molecule has 2 aromatic carbocycles. The molecule has 3 heteroatoms. The molecule has 0 aliphatic rings. The van der Waals surface area contributed by atoms with Crippen LogP contribution < -0.4 is 0 Å². The van der Waals surface area contributed by atoms with Gasteiger partial charge in [-0.1, -0.05) is 51.1 Å². The van der Waals surface area contributed by atoms with E-state index in [0.29, 0.717) is 16.7 Å². The molecule has 0 bridgehead atoms. The lowest BCUT2D eigenvalue weighted by molar-refractivity contribution is 0.0747. The van der Waals surface area contributed by atoms with E-state index in [0.717, 1.165) is 0 Å². The Morgan fingerprint density at radius 1 is 1.05 bits per heavy atom. The van der Waals surface area contributed by atoms with Gasteiger partial charge >= 0.3 is 0 Å². The quantitative estimate of drug-likeness (QED) is 0.847. The van der Waals surface area contributed by atoms with Gasteiger partial charge in [-0.15, -0.1) is 0 Å². The molecule has 2 N–H and O–H groups in total. The van der Waals surface area contributed by atoms with Crippen molar-refractivity contribution >= 4 is 5.78 Å². The highest BCUT2D eigenvalue weighted by atomic mass is 16.3. The molecule has 110 valence electrons. The number of aliphatic hydroxyl groups excluding tert-OH is 1. The molecular formula is C18H20O3. The Kier molecular flexibility index (Phi) is 4.14. The number of phenolic OH excluding ortho intramolecular Hbond substituents is 1. The van der Waals surface area contributed by atoms with Gasteiger partial charge in [0.1, 0.15) is 11.9 Å². The third-order valence-electron chi connectivity index (χ3n) is 3.45. The number of hydrogen-bond donors (Lipinski definition) is 2. The monoisotopic (exact) mass is 284 g/mol. The number of aliphatic hydroxyl groups is 1.